The van der Waals surface area contributed by atoms with E-state index in [-0.39, 0.29) is 23.2 Å². The van der Waals surface area contributed by atoms with Crippen LogP contribution in [0.2, 0.25) is 5.02 Å². The molecular weight excluding hydrogens is 438 g/mol. The first-order valence-electron chi connectivity index (χ1n) is 9.96. The van der Waals surface area contributed by atoms with Crippen molar-refractivity contribution in [3.8, 4) is 0 Å². The highest BCUT2D eigenvalue weighted by Crippen LogP contribution is 2.27. The van der Waals surface area contributed by atoms with E-state index in [0.717, 1.165) is 16.1 Å². The van der Waals surface area contributed by atoms with E-state index in [0.29, 0.717) is 12.8 Å². The molecule has 1 N–H and O–H groups in total. The molecule has 2 aromatic rings. The quantitative estimate of drug-likeness (QED) is 0.584. The fraction of sp³-hybridized carbons (Fsp3) is 0.364. The normalized spacial score (nSPS) is 12.1. The van der Waals surface area contributed by atoms with Gasteiger partial charge in [0.2, 0.25) is 21.8 Å². The van der Waals surface area contributed by atoms with Crippen LogP contribution in [0.1, 0.15) is 18.9 Å². The number of hydrogen-bond donors (Lipinski definition) is 1. The van der Waals surface area contributed by atoms with Gasteiger partial charge in [0.05, 0.1) is 17.0 Å². The average Bonchev–Trinajstić information content (AvgIpc) is 2.75. The van der Waals surface area contributed by atoms with Gasteiger partial charge in [0.1, 0.15) is 12.6 Å². The SMILES string of the molecule is CCC(C(=O)NC)N(CCc1ccccc1)C(=O)CN(c1ccccc1Cl)S(C)(=O)=O. The largest absolute Gasteiger partial charge is 0.357 e. The average molecular weight is 466 g/mol. The molecular formula is C22H28ClN3O4S. The van der Waals surface area contributed by atoms with Crippen LogP contribution in [0.3, 0.4) is 0 Å². The number of likely N-dealkylation sites (N-methyl/N-ethyl adjacent to an activating group) is 1. The number of benzene rings is 2. The lowest BCUT2D eigenvalue weighted by Crippen LogP contribution is -2.52. The number of carbonyl (C=O) groups excluding carboxylic acids is 2. The highest BCUT2D eigenvalue weighted by Gasteiger charge is 2.31. The van der Waals surface area contributed by atoms with Crippen molar-refractivity contribution in [2.75, 3.05) is 30.7 Å². The summed E-state index contributed by atoms with van der Waals surface area (Å²) in [6, 6.07) is 15.3. The number of halogens is 1. The third-order valence-corrected chi connectivity index (χ3v) is 6.36. The van der Waals surface area contributed by atoms with Gasteiger partial charge in [-0.25, -0.2) is 8.42 Å². The predicted octanol–water partition coefficient (Wildman–Crippen LogP) is 2.70. The van der Waals surface area contributed by atoms with Crippen molar-refractivity contribution in [3.05, 3.63) is 65.2 Å². The lowest BCUT2D eigenvalue weighted by atomic mass is 10.1. The number of nitrogens with one attached hydrogen (secondary N) is 1. The summed E-state index contributed by atoms with van der Waals surface area (Å²) in [7, 11) is -2.28. The molecule has 0 spiro atoms. The summed E-state index contributed by atoms with van der Waals surface area (Å²) in [5.41, 5.74) is 1.23. The maximum Gasteiger partial charge on any atom is 0.244 e. The molecule has 168 valence electrons. The molecule has 0 bridgehead atoms. The minimum atomic E-state index is -3.79. The van der Waals surface area contributed by atoms with Gasteiger partial charge in [0.15, 0.2) is 0 Å². The Morgan fingerprint density at radius 1 is 1.06 bits per heavy atom. The highest BCUT2D eigenvalue weighted by molar-refractivity contribution is 7.92. The zero-order chi connectivity index (χ0) is 23.0. The molecule has 9 heteroatoms. The van der Waals surface area contributed by atoms with Crippen LogP contribution < -0.4 is 9.62 Å². The van der Waals surface area contributed by atoms with Gasteiger partial charge in [0.25, 0.3) is 0 Å². The molecule has 0 aromatic heterocycles. The van der Waals surface area contributed by atoms with Crippen LogP contribution in [0.25, 0.3) is 0 Å². The summed E-state index contributed by atoms with van der Waals surface area (Å²) in [5, 5.41) is 2.81. The number of carbonyl (C=O) groups is 2. The predicted molar refractivity (Wildman–Crippen MR) is 124 cm³/mol. The van der Waals surface area contributed by atoms with Crippen molar-refractivity contribution in [1.29, 1.82) is 0 Å². The Labute approximate surface area is 189 Å². The smallest absolute Gasteiger partial charge is 0.244 e. The Hall–Kier alpha value is -2.58. The minimum Gasteiger partial charge on any atom is -0.357 e. The van der Waals surface area contributed by atoms with Crippen LogP contribution in [0.15, 0.2) is 54.6 Å². The van der Waals surface area contributed by atoms with Crippen molar-refractivity contribution < 1.29 is 18.0 Å². The molecule has 31 heavy (non-hydrogen) atoms. The number of anilines is 1. The topological polar surface area (TPSA) is 86.8 Å². The second-order valence-corrected chi connectivity index (χ2v) is 9.40. The maximum absolute atomic E-state index is 13.3. The standard InChI is InChI=1S/C22H28ClN3O4S/c1-4-19(22(28)24-2)25(15-14-17-10-6-5-7-11-17)21(27)16-26(31(3,29)30)20-13-9-8-12-18(20)23/h5-13,19H,4,14-16H2,1-3H3,(H,24,28). The van der Waals surface area contributed by atoms with Crippen LogP contribution >= 0.6 is 11.6 Å². The van der Waals surface area contributed by atoms with Gasteiger partial charge in [-0.3, -0.25) is 13.9 Å². The number of amides is 2. The summed E-state index contributed by atoms with van der Waals surface area (Å²) in [6.45, 7) is 1.63. The fourth-order valence-corrected chi connectivity index (χ4v) is 4.46. The number of nitrogens with zero attached hydrogens (tertiary/aromatic N) is 2. The Morgan fingerprint density at radius 3 is 2.23 bits per heavy atom. The third kappa shape index (κ3) is 6.70. The molecule has 2 aromatic carbocycles. The number of hydrogen-bond acceptors (Lipinski definition) is 4. The summed E-state index contributed by atoms with van der Waals surface area (Å²) < 4.78 is 25.9. The molecule has 2 rings (SSSR count). The second kappa shape index (κ2) is 11.2. The summed E-state index contributed by atoms with van der Waals surface area (Å²) in [5.74, 6) is -0.774. The maximum atomic E-state index is 13.3. The van der Waals surface area contributed by atoms with Crippen LogP contribution in [0.5, 0.6) is 0 Å². The van der Waals surface area contributed by atoms with E-state index in [1.54, 1.807) is 24.3 Å². The first-order chi connectivity index (χ1) is 14.7. The van der Waals surface area contributed by atoms with Gasteiger partial charge in [0, 0.05) is 13.6 Å². The van der Waals surface area contributed by atoms with Gasteiger partial charge in [-0.05, 0) is 30.5 Å². The van der Waals surface area contributed by atoms with Crippen molar-refractivity contribution in [1.82, 2.24) is 10.2 Å². The van der Waals surface area contributed by atoms with Crippen LogP contribution in [-0.4, -0.2) is 57.6 Å². The van der Waals surface area contributed by atoms with Crippen molar-refractivity contribution in [2.24, 2.45) is 0 Å². The molecule has 0 radical (unpaired) electrons. The van der Waals surface area contributed by atoms with E-state index >= 15 is 0 Å². The van der Waals surface area contributed by atoms with Gasteiger partial charge in [-0.1, -0.05) is 61.0 Å². The van der Waals surface area contributed by atoms with E-state index in [2.05, 4.69) is 5.32 Å². The van der Waals surface area contributed by atoms with Crippen molar-refractivity contribution in [3.63, 3.8) is 0 Å². The van der Waals surface area contributed by atoms with Gasteiger partial charge in [-0.15, -0.1) is 0 Å². The number of rotatable bonds is 10. The molecule has 0 saturated heterocycles. The van der Waals surface area contributed by atoms with Crippen molar-refractivity contribution in [2.45, 2.75) is 25.8 Å². The molecule has 1 atom stereocenters. The third-order valence-electron chi connectivity index (χ3n) is 4.92. The highest BCUT2D eigenvalue weighted by atomic mass is 35.5. The molecule has 0 fully saturated rings. The van der Waals surface area contributed by atoms with E-state index < -0.39 is 28.5 Å². The minimum absolute atomic E-state index is 0.218. The van der Waals surface area contributed by atoms with Gasteiger partial charge >= 0.3 is 0 Å². The van der Waals surface area contributed by atoms with E-state index in [9.17, 15) is 18.0 Å². The van der Waals surface area contributed by atoms with Gasteiger partial charge < -0.3 is 10.2 Å². The van der Waals surface area contributed by atoms with E-state index in [1.165, 1.54) is 11.9 Å². The van der Waals surface area contributed by atoms with Crippen LogP contribution in [0, 0.1) is 0 Å². The Balaban J connectivity index is 2.35. The lowest BCUT2D eigenvalue weighted by Gasteiger charge is -2.32. The number of sulfonamides is 1. The molecule has 0 aliphatic rings. The van der Waals surface area contributed by atoms with E-state index in [1.807, 2.05) is 37.3 Å². The van der Waals surface area contributed by atoms with Crippen molar-refractivity contribution >= 4 is 39.1 Å². The van der Waals surface area contributed by atoms with Crippen LogP contribution in [-0.2, 0) is 26.0 Å². The Morgan fingerprint density at radius 2 is 1.68 bits per heavy atom. The molecule has 1 unspecified atom stereocenters. The summed E-state index contributed by atoms with van der Waals surface area (Å²) in [6.07, 6.45) is 1.95. The first-order valence-corrected chi connectivity index (χ1v) is 12.2. The zero-order valence-electron chi connectivity index (χ0n) is 17.9. The summed E-state index contributed by atoms with van der Waals surface area (Å²) in [4.78, 5) is 27.2. The fourth-order valence-electron chi connectivity index (χ4n) is 3.31. The molecule has 0 heterocycles. The zero-order valence-corrected chi connectivity index (χ0v) is 19.5. The molecule has 0 saturated carbocycles. The second-order valence-electron chi connectivity index (χ2n) is 7.08. The number of para-hydroxylation sites is 1. The van der Waals surface area contributed by atoms with Crippen LogP contribution in [0.4, 0.5) is 5.69 Å². The Bertz CT molecular complexity index is 999. The lowest BCUT2D eigenvalue weighted by molar-refractivity contribution is -0.139. The summed E-state index contributed by atoms with van der Waals surface area (Å²) >= 11 is 6.20. The van der Waals surface area contributed by atoms with E-state index in [4.69, 9.17) is 11.6 Å². The monoisotopic (exact) mass is 465 g/mol. The molecule has 7 nitrogen and oxygen atoms in total. The Kier molecular flexibility index (Phi) is 8.88. The first kappa shape index (κ1) is 24.7. The molecule has 0 aliphatic heterocycles. The molecule has 0 aliphatic carbocycles. The molecule has 2 amide bonds. The van der Waals surface area contributed by atoms with Gasteiger partial charge in [-0.2, -0.15) is 0 Å².